The van der Waals surface area contributed by atoms with Crippen molar-refractivity contribution in [3.63, 3.8) is 0 Å². The Bertz CT molecular complexity index is 1340. The summed E-state index contributed by atoms with van der Waals surface area (Å²) in [5.74, 6) is 0. The highest BCUT2D eigenvalue weighted by Crippen LogP contribution is 2.29. The summed E-state index contributed by atoms with van der Waals surface area (Å²) in [6.45, 7) is 3.23. The minimum absolute atomic E-state index is 0.925. The normalized spacial score (nSPS) is 11.0. The van der Waals surface area contributed by atoms with E-state index in [4.69, 9.17) is 0 Å². The molecule has 0 saturated heterocycles. The van der Waals surface area contributed by atoms with Crippen molar-refractivity contribution in [3.05, 3.63) is 126 Å². The van der Waals surface area contributed by atoms with Gasteiger partial charge < -0.3 is 0 Å². The fraction of sp³-hybridized carbons (Fsp3) is 0.0345. The van der Waals surface area contributed by atoms with Crippen molar-refractivity contribution >= 4 is 51.0 Å². The van der Waals surface area contributed by atoms with Crippen molar-refractivity contribution in [1.29, 1.82) is 0 Å². The van der Waals surface area contributed by atoms with Crippen LogP contribution in [0, 0.1) is 0 Å². The molecule has 0 atom stereocenters. The fourth-order valence-electron chi connectivity index (χ4n) is 4.01. The van der Waals surface area contributed by atoms with Gasteiger partial charge in [-0.25, -0.2) is 0 Å². The minimum atomic E-state index is 0.925. The van der Waals surface area contributed by atoms with Crippen molar-refractivity contribution in [2.45, 2.75) is 6.42 Å². The minimum Gasteiger partial charge on any atom is -0.152 e. The van der Waals surface area contributed by atoms with Gasteiger partial charge in [-0.3, -0.25) is 0 Å². The Morgan fingerprint density at radius 3 is 1.97 bits per heavy atom. The second kappa shape index (κ2) is 9.47. The van der Waals surface area contributed by atoms with Crippen LogP contribution in [0.2, 0.25) is 0 Å². The zero-order valence-electron chi connectivity index (χ0n) is 16.8. The lowest BCUT2D eigenvalue weighted by molar-refractivity contribution is 1.32. The SMILES string of the molecule is C(=C/c1cccc2ccccc12)/Cc1cc2ccccc2c2ccccc12.C=CS. The number of benzene rings is 5. The van der Waals surface area contributed by atoms with Crippen LogP contribution in [-0.4, -0.2) is 0 Å². The molecule has 0 fully saturated rings. The van der Waals surface area contributed by atoms with Crippen LogP contribution in [0.4, 0.5) is 0 Å². The zero-order valence-corrected chi connectivity index (χ0v) is 17.7. The zero-order chi connectivity index (χ0) is 20.8. The van der Waals surface area contributed by atoms with Gasteiger partial charge in [-0.05, 0) is 55.3 Å². The first kappa shape index (κ1) is 20.0. The van der Waals surface area contributed by atoms with Gasteiger partial charge in [-0.15, -0.1) is 0 Å². The molecule has 0 N–H and O–H groups in total. The van der Waals surface area contributed by atoms with E-state index in [0.717, 1.165) is 6.42 Å². The van der Waals surface area contributed by atoms with E-state index in [-0.39, 0.29) is 0 Å². The first-order valence-electron chi connectivity index (χ1n) is 10.1. The van der Waals surface area contributed by atoms with E-state index in [1.807, 2.05) is 0 Å². The Balaban J connectivity index is 0.000000687. The van der Waals surface area contributed by atoms with Crippen molar-refractivity contribution in [2.75, 3.05) is 0 Å². The van der Waals surface area contributed by atoms with Gasteiger partial charge in [0.25, 0.3) is 0 Å². The molecule has 1 heteroatoms. The van der Waals surface area contributed by atoms with Gasteiger partial charge in [0.15, 0.2) is 0 Å². The van der Waals surface area contributed by atoms with E-state index in [9.17, 15) is 0 Å². The molecule has 0 aromatic heterocycles. The Kier molecular flexibility index (Phi) is 6.32. The lowest BCUT2D eigenvalue weighted by atomic mass is 9.95. The summed E-state index contributed by atoms with van der Waals surface area (Å²) in [6, 6.07) is 34.8. The topological polar surface area (TPSA) is 0 Å². The average Bonchev–Trinajstić information content (AvgIpc) is 2.80. The maximum absolute atomic E-state index is 3.55. The Labute approximate surface area is 183 Å². The highest BCUT2D eigenvalue weighted by Gasteiger charge is 2.05. The number of hydrogen-bond acceptors (Lipinski definition) is 1. The molecule has 5 aromatic carbocycles. The maximum atomic E-state index is 3.55. The standard InChI is InChI=1S/C27H20.C2H4S/c1-3-15-24-20(9-1)11-7-12-21(24)13-8-14-23-19-22-10-2-4-16-25(22)27-18-6-5-17-26(23)27;1-2-3/h1-13,15-19H,14H2;2-3H,1H2/b13-8-;. The van der Waals surface area contributed by atoms with Crippen LogP contribution >= 0.6 is 12.6 Å². The first-order chi connectivity index (χ1) is 14.8. The quantitative estimate of drug-likeness (QED) is 0.226. The van der Waals surface area contributed by atoms with Crippen LogP contribution in [0.1, 0.15) is 11.1 Å². The molecule has 0 bridgehead atoms. The number of hydrogen-bond donors (Lipinski definition) is 1. The molecule has 5 rings (SSSR count). The number of fused-ring (bicyclic) bond motifs is 4. The predicted molar refractivity (Wildman–Crippen MR) is 137 cm³/mol. The fourth-order valence-corrected chi connectivity index (χ4v) is 4.01. The highest BCUT2D eigenvalue weighted by atomic mass is 32.1. The third-order valence-electron chi connectivity index (χ3n) is 5.31. The van der Waals surface area contributed by atoms with Crippen molar-refractivity contribution in [1.82, 2.24) is 0 Å². The molecule has 30 heavy (non-hydrogen) atoms. The number of rotatable bonds is 3. The lowest BCUT2D eigenvalue weighted by Gasteiger charge is -2.09. The van der Waals surface area contributed by atoms with Crippen LogP contribution < -0.4 is 0 Å². The summed E-state index contributed by atoms with van der Waals surface area (Å²) < 4.78 is 0. The number of allylic oxidation sites excluding steroid dienone is 1. The van der Waals surface area contributed by atoms with Gasteiger partial charge in [-0.2, -0.15) is 12.6 Å². The number of thiol groups is 1. The molecule has 0 nitrogen and oxygen atoms in total. The van der Waals surface area contributed by atoms with Crippen LogP contribution in [0.25, 0.3) is 38.4 Å². The van der Waals surface area contributed by atoms with Gasteiger partial charge in [0.1, 0.15) is 0 Å². The Morgan fingerprint density at radius 2 is 1.20 bits per heavy atom. The smallest absolute Gasteiger partial charge is 0.00877 e. The second-order valence-corrected chi connectivity index (χ2v) is 7.53. The van der Waals surface area contributed by atoms with Crippen LogP contribution in [-0.2, 0) is 6.42 Å². The Hall–Kier alpha value is -3.29. The molecular formula is C29H24S. The van der Waals surface area contributed by atoms with Crippen LogP contribution in [0.15, 0.2) is 115 Å². The third-order valence-corrected chi connectivity index (χ3v) is 5.31. The summed E-state index contributed by atoms with van der Waals surface area (Å²) in [7, 11) is 0. The van der Waals surface area contributed by atoms with Gasteiger partial charge in [0.05, 0.1) is 0 Å². The molecular weight excluding hydrogens is 380 g/mol. The van der Waals surface area contributed by atoms with Gasteiger partial charge in [0, 0.05) is 0 Å². The summed E-state index contributed by atoms with van der Waals surface area (Å²) in [5.41, 5.74) is 2.65. The van der Waals surface area contributed by atoms with E-state index in [2.05, 4.69) is 128 Å². The molecule has 0 unspecified atom stereocenters. The molecule has 0 aliphatic heterocycles. The predicted octanol–water partition coefficient (Wildman–Crippen LogP) is 8.46. The molecule has 0 amide bonds. The maximum Gasteiger partial charge on any atom is -0.00877 e. The summed E-state index contributed by atoms with van der Waals surface area (Å²) >= 11 is 3.55. The van der Waals surface area contributed by atoms with Crippen LogP contribution in [0.5, 0.6) is 0 Å². The van der Waals surface area contributed by atoms with Gasteiger partial charge in [0.2, 0.25) is 0 Å². The second-order valence-electron chi connectivity index (χ2n) is 7.16. The van der Waals surface area contributed by atoms with E-state index < -0.39 is 0 Å². The summed E-state index contributed by atoms with van der Waals surface area (Å²) in [4.78, 5) is 0. The molecule has 0 saturated carbocycles. The molecule has 146 valence electrons. The molecule has 0 aliphatic carbocycles. The molecule has 0 radical (unpaired) electrons. The molecule has 0 heterocycles. The van der Waals surface area contributed by atoms with Crippen LogP contribution in [0.3, 0.4) is 0 Å². The van der Waals surface area contributed by atoms with E-state index in [1.165, 1.54) is 48.9 Å². The molecule has 5 aromatic rings. The van der Waals surface area contributed by atoms with Crippen molar-refractivity contribution in [2.24, 2.45) is 0 Å². The average molecular weight is 405 g/mol. The van der Waals surface area contributed by atoms with E-state index in [1.54, 1.807) is 0 Å². The summed E-state index contributed by atoms with van der Waals surface area (Å²) in [6.07, 6.45) is 5.47. The van der Waals surface area contributed by atoms with Gasteiger partial charge in [-0.1, -0.05) is 116 Å². The highest BCUT2D eigenvalue weighted by molar-refractivity contribution is 7.83. The van der Waals surface area contributed by atoms with Gasteiger partial charge >= 0.3 is 0 Å². The van der Waals surface area contributed by atoms with E-state index in [0.29, 0.717) is 0 Å². The molecule has 0 aliphatic rings. The van der Waals surface area contributed by atoms with Crippen molar-refractivity contribution < 1.29 is 0 Å². The Morgan fingerprint density at radius 1 is 0.633 bits per heavy atom. The lowest BCUT2D eigenvalue weighted by Crippen LogP contribution is -1.87. The molecule has 0 spiro atoms. The monoisotopic (exact) mass is 404 g/mol. The van der Waals surface area contributed by atoms with Crippen molar-refractivity contribution in [3.8, 4) is 0 Å². The third kappa shape index (κ3) is 4.17. The van der Waals surface area contributed by atoms with E-state index >= 15 is 0 Å². The summed E-state index contributed by atoms with van der Waals surface area (Å²) in [5, 5.41) is 9.36. The largest absolute Gasteiger partial charge is 0.152 e. The first-order valence-corrected chi connectivity index (χ1v) is 10.6.